The molecule has 1 aliphatic heterocycles. The highest BCUT2D eigenvalue weighted by Crippen LogP contribution is 2.56. The van der Waals surface area contributed by atoms with E-state index < -0.39 is 11.6 Å². The molecule has 130 valence electrons. The van der Waals surface area contributed by atoms with E-state index in [0.717, 1.165) is 16.5 Å². The summed E-state index contributed by atoms with van der Waals surface area (Å²) in [6, 6.07) is 1.80. The number of fused-ring (bicyclic) bond motifs is 2. The molecule has 0 spiro atoms. The largest absolute Gasteiger partial charge is 0.496 e. The lowest BCUT2D eigenvalue weighted by atomic mass is 9.79. The van der Waals surface area contributed by atoms with E-state index in [1.165, 1.54) is 14.2 Å². The van der Waals surface area contributed by atoms with Crippen LogP contribution in [0.15, 0.2) is 6.07 Å². The van der Waals surface area contributed by atoms with E-state index in [1.54, 1.807) is 6.07 Å². The Morgan fingerprint density at radius 1 is 1.04 bits per heavy atom. The smallest absolute Gasteiger partial charge is 0.238 e. The highest BCUT2D eigenvalue weighted by molar-refractivity contribution is 6.58. The molecule has 2 aromatic rings. The van der Waals surface area contributed by atoms with Crippen LogP contribution >= 0.6 is 0 Å². The van der Waals surface area contributed by atoms with Crippen LogP contribution in [0.1, 0.15) is 52.6 Å². The summed E-state index contributed by atoms with van der Waals surface area (Å²) >= 11 is 0. The molecule has 0 fully saturated rings. The molecule has 0 radical (unpaired) electrons. The Hall–Kier alpha value is -2.56. The van der Waals surface area contributed by atoms with E-state index in [4.69, 9.17) is 14.2 Å². The van der Waals surface area contributed by atoms with Gasteiger partial charge < -0.3 is 14.2 Å². The van der Waals surface area contributed by atoms with Gasteiger partial charge in [0.05, 0.1) is 25.3 Å². The lowest BCUT2D eigenvalue weighted by Gasteiger charge is -2.24. The molecule has 25 heavy (non-hydrogen) atoms. The first-order chi connectivity index (χ1) is 11.8. The van der Waals surface area contributed by atoms with Crippen molar-refractivity contribution >= 4 is 22.3 Å². The molecule has 1 unspecified atom stereocenters. The first kappa shape index (κ1) is 15.9. The van der Waals surface area contributed by atoms with E-state index in [1.807, 2.05) is 13.8 Å². The molecule has 0 saturated carbocycles. The van der Waals surface area contributed by atoms with Gasteiger partial charge in [-0.1, -0.05) is 13.8 Å². The normalized spacial score (nSPS) is 20.0. The number of aryl methyl sites for hydroxylation is 1. The first-order valence-electron chi connectivity index (χ1n) is 8.27. The molecule has 1 heterocycles. The van der Waals surface area contributed by atoms with Gasteiger partial charge in [0.25, 0.3) is 0 Å². The second kappa shape index (κ2) is 4.75. The van der Waals surface area contributed by atoms with Crippen molar-refractivity contribution in [3.8, 4) is 17.2 Å². The van der Waals surface area contributed by atoms with Crippen LogP contribution < -0.4 is 14.2 Å². The van der Waals surface area contributed by atoms with E-state index in [0.29, 0.717) is 33.8 Å². The maximum absolute atomic E-state index is 12.8. The Morgan fingerprint density at radius 2 is 1.68 bits per heavy atom. The van der Waals surface area contributed by atoms with Gasteiger partial charge in [-0.3, -0.25) is 9.59 Å². The monoisotopic (exact) mass is 340 g/mol. The van der Waals surface area contributed by atoms with Crippen molar-refractivity contribution in [1.29, 1.82) is 0 Å². The van der Waals surface area contributed by atoms with Crippen molar-refractivity contribution in [3.05, 3.63) is 28.3 Å². The van der Waals surface area contributed by atoms with Crippen molar-refractivity contribution in [2.45, 2.75) is 39.2 Å². The van der Waals surface area contributed by atoms with Crippen LogP contribution in [-0.4, -0.2) is 31.9 Å². The predicted octanol–water partition coefficient (Wildman–Crippen LogP) is 3.60. The van der Waals surface area contributed by atoms with Crippen LogP contribution in [0.2, 0.25) is 0 Å². The maximum atomic E-state index is 12.8. The fourth-order valence-corrected chi connectivity index (χ4v) is 4.06. The zero-order valence-electron chi connectivity index (χ0n) is 15.2. The Bertz CT molecular complexity index is 984. The van der Waals surface area contributed by atoms with Crippen LogP contribution in [0.5, 0.6) is 17.2 Å². The van der Waals surface area contributed by atoms with Crippen LogP contribution in [0.25, 0.3) is 10.8 Å². The lowest BCUT2D eigenvalue weighted by molar-refractivity contribution is 0.0822. The van der Waals surface area contributed by atoms with E-state index in [2.05, 4.69) is 13.8 Å². The molecular formula is C20H20O5. The zero-order chi connectivity index (χ0) is 18.3. The summed E-state index contributed by atoms with van der Waals surface area (Å²) in [5.41, 5.74) is 2.06. The highest BCUT2D eigenvalue weighted by Gasteiger charge is 2.48. The number of ketones is 2. The van der Waals surface area contributed by atoms with Gasteiger partial charge >= 0.3 is 0 Å². The van der Waals surface area contributed by atoms with Crippen LogP contribution in [0, 0.1) is 6.92 Å². The minimum Gasteiger partial charge on any atom is -0.496 e. The number of methoxy groups -OCH3 is 2. The SMILES string of the molecule is COc1cc(C)c2c3c(c(OC)c4c2c1C(=O)C4=O)C(C)(C)C(C)O3. The standard InChI is InChI=1S/C20H20O5/c1-8-7-10(23-5)12-13-11(8)19-15(20(3,4)9(2)25-19)18(24-6)14(13)17(22)16(12)21/h7,9H,1-6H3. The minimum atomic E-state index is -0.551. The van der Waals surface area contributed by atoms with E-state index in [9.17, 15) is 9.59 Å². The molecule has 4 rings (SSSR count). The molecule has 2 aromatic carbocycles. The third kappa shape index (κ3) is 1.68. The quantitative estimate of drug-likeness (QED) is 0.782. The summed E-state index contributed by atoms with van der Waals surface area (Å²) in [6.45, 7) is 8.06. The van der Waals surface area contributed by atoms with Gasteiger partial charge in [0, 0.05) is 21.8 Å². The molecule has 1 atom stereocenters. The van der Waals surface area contributed by atoms with Gasteiger partial charge in [-0.2, -0.15) is 0 Å². The predicted molar refractivity (Wildman–Crippen MR) is 93.6 cm³/mol. The maximum Gasteiger partial charge on any atom is 0.238 e. The van der Waals surface area contributed by atoms with Crippen LogP contribution in [-0.2, 0) is 5.41 Å². The van der Waals surface area contributed by atoms with Gasteiger partial charge in [-0.15, -0.1) is 0 Å². The van der Waals surface area contributed by atoms with Crippen molar-refractivity contribution in [3.63, 3.8) is 0 Å². The van der Waals surface area contributed by atoms with Crippen molar-refractivity contribution < 1.29 is 23.8 Å². The van der Waals surface area contributed by atoms with Crippen molar-refractivity contribution in [2.75, 3.05) is 14.2 Å². The highest BCUT2D eigenvalue weighted by atomic mass is 16.5. The average molecular weight is 340 g/mol. The summed E-state index contributed by atoms with van der Waals surface area (Å²) in [5, 5.41) is 1.39. The molecule has 0 bridgehead atoms. The van der Waals surface area contributed by atoms with Gasteiger partial charge in [0.2, 0.25) is 11.6 Å². The Kier molecular flexibility index (Phi) is 3.03. The number of carbonyl (C=O) groups excluding carboxylic acids is 2. The summed E-state index contributed by atoms with van der Waals surface area (Å²) in [7, 11) is 3.03. The van der Waals surface area contributed by atoms with Crippen LogP contribution in [0.3, 0.4) is 0 Å². The summed E-state index contributed by atoms with van der Waals surface area (Å²) in [4.78, 5) is 25.5. The second-order valence-electron chi connectivity index (χ2n) is 7.27. The van der Waals surface area contributed by atoms with Gasteiger partial charge in [-0.25, -0.2) is 0 Å². The minimum absolute atomic E-state index is 0.0787. The molecule has 5 nitrogen and oxygen atoms in total. The molecule has 0 N–H and O–H groups in total. The first-order valence-corrected chi connectivity index (χ1v) is 8.27. The van der Waals surface area contributed by atoms with Gasteiger partial charge in [0.15, 0.2) is 0 Å². The average Bonchev–Trinajstić information content (AvgIpc) is 2.96. The fraction of sp³-hybridized carbons (Fsp3) is 0.400. The third-order valence-electron chi connectivity index (χ3n) is 5.69. The number of carbonyl (C=O) groups is 2. The van der Waals surface area contributed by atoms with E-state index in [-0.39, 0.29) is 11.5 Å². The zero-order valence-corrected chi connectivity index (χ0v) is 15.2. The molecule has 2 aliphatic rings. The summed E-state index contributed by atoms with van der Waals surface area (Å²) in [5.74, 6) is 0.469. The fourth-order valence-electron chi connectivity index (χ4n) is 4.06. The number of benzene rings is 2. The molecule has 1 aliphatic carbocycles. The Labute approximate surface area is 145 Å². The number of Topliss-reactive ketones (excluding diaryl/α,β-unsaturated/α-hetero) is 2. The molecule has 0 aromatic heterocycles. The Morgan fingerprint density at radius 3 is 2.28 bits per heavy atom. The lowest BCUT2D eigenvalue weighted by Crippen LogP contribution is -2.29. The molecule has 0 amide bonds. The number of hydrogen-bond acceptors (Lipinski definition) is 5. The van der Waals surface area contributed by atoms with Gasteiger partial charge in [0.1, 0.15) is 23.4 Å². The number of ether oxygens (including phenoxy) is 3. The topological polar surface area (TPSA) is 61.8 Å². The number of rotatable bonds is 2. The summed E-state index contributed by atoms with van der Waals surface area (Å²) in [6.07, 6.45) is -0.0787. The second-order valence-corrected chi connectivity index (χ2v) is 7.27. The molecule has 5 heteroatoms. The van der Waals surface area contributed by atoms with Crippen molar-refractivity contribution in [2.24, 2.45) is 0 Å². The third-order valence-corrected chi connectivity index (χ3v) is 5.69. The van der Waals surface area contributed by atoms with Crippen molar-refractivity contribution in [1.82, 2.24) is 0 Å². The van der Waals surface area contributed by atoms with Crippen LogP contribution in [0.4, 0.5) is 0 Å². The van der Waals surface area contributed by atoms with E-state index >= 15 is 0 Å². The number of hydrogen-bond donors (Lipinski definition) is 0. The molecular weight excluding hydrogens is 320 g/mol. The Balaban J connectivity index is 2.31. The van der Waals surface area contributed by atoms with Gasteiger partial charge in [-0.05, 0) is 25.5 Å². The summed E-state index contributed by atoms with van der Waals surface area (Å²) < 4.78 is 17.2. The molecule has 0 saturated heterocycles.